The molecule has 3 N–H and O–H groups in total. The van der Waals surface area contributed by atoms with Crippen LogP contribution in [0.25, 0.3) is 11.1 Å². The summed E-state index contributed by atoms with van der Waals surface area (Å²) in [6.45, 7) is 4.03. The Labute approximate surface area is 142 Å². The number of aryl methyl sites for hydroxylation is 1. The SMILES string of the molecule is Cc1nccc(-c2ccc(C[C@H](N)C(=O)O)cc2)c1C.Cl.Cl. The Bertz CT molecular complexity index is 631. The minimum Gasteiger partial charge on any atom is -0.480 e. The second kappa shape index (κ2) is 8.73. The van der Waals surface area contributed by atoms with Gasteiger partial charge in [0.15, 0.2) is 0 Å². The lowest BCUT2D eigenvalue weighted by atomic mass is 9.98. The van der Waals surface area contributed by atoms with Gasteiger partial charge < -0.3 is 10.8 Å². The zero-order valence-electron chi connectivity index (χ0n) is 12.4. The molecule has 1 atom stereocenters. The number of aliphatic carboxylic acids is 1. The number of carboxylic acids is 1. The highest BCUT2D eigenvalue weighted by Crippen LogP contribution is 2.24. The number of nitrogens with two attached hydrogens (primary N) is 1. The lowest BCUT2D eigenvalue weighted by Crippen LogP contribution is -2.32. The van der Waals surface area contributed by atoms with E-state index in [-0.39, 0.29) is 24.8 Å². The molecule has 4 nitrogen and oxygen atoms in total. The maximum Gasteiger partial charge on any atom is 0.320 e. The minimum absolute atomic E-state index is 0. The average Bonchev–Trinajstić information content (AvgIpc) is 2.43. The molecule has 0 amide bonds. The van der Waals surface area contributed by atoms with Crippen LogP contribution < -0.4 is 5.73 Å². The van der Waals surface area contributed by atoms with E-state index in [0.717, 1.165) is 27.9 Å². The van der Waals surface area contributed by atoms with Crippen molar-refractivity contribution in [3.05, 3.63) is 53.3 Å². The number of benzene rings is 1. The molecular weight excluding hydrogens is 323 g/mol. The molecule has 0 aliphatic rings. The number of hydrogen-bond donors (Lipinski definition) is 2. The van der Waals surface area contributed by atoms with Gasteiger partial charge in [0.05, 0.1) is 0 Å². The molecular formula is C16H20Cl2N2O2. The van der Waals surface area contributed by atoms with Gasteiger partial charge in [0.1, 0.15) is 6.04 Å². The van der Waals surface area contributed by atoms with Gasteiger partial charge in [0.25, 0.3) is 0 Å². The van der Waals surface area contributed by atoms with E-state index < -0.39 is 12.0 Å². The molecule has 0 radical (unpaired) electrons. The minimum atomic E-state index is -0.977. The van der Waals surface area contributed by atoms with Gasteiger partial charge in [0.2, 0.25) is 0 Å². The highest BCUT2D eigenvalue weighted by Gasteiger charge is 2.12. The molecule has 0 bridgehead atoms. The number of hydrogen-bond acceptors (Lipinski definition) is 3. The lowest BCUT2D eigenvalue weighted by molar-refractivity contribution is -0.138. The Morgan fingerprint density at radius 2 is 1.77 bits per heavy atom. The van der Waals surface area contributed by atoms with Gasteiger partial charge in [-0.05, 0) is 48.6 Å². The van der Waals surface area contributed by atoms with Gasteiger partial charge in [-0.2, -0.15) is 0 Å². The van der Waals surface area contributed by atoms with Crippen LogP contribution in [0.4, 0.5) is 0 Å². The lowest BCUT2D eigenvalue weighted by Gasteiger charge is -2.10. The summed E-state index contributed by atoms with van der Waals surface area (Å²) in [7, 11) is 0. The molecule has 2 rings (SSSR count). The fourth-order valence-corrected chi connectivity index (χ4v) is 2.11. The summed E-state index contributed by atoms with van der Waals surface area (Å²) in [5.41, 5.74) is 10.9. The van der Waals surface area contributed by atoms with Crippen LogP contribution in [-0.4, -0.2) is 22.1 Å². The summed E-state index contributed by atoms with van der Waals surface area (Å²) >= 11 is 0. The molecule has 0 saturated carbocycles. The third-order valence-electron chi connectivity index (χ3n) is 3.49. The van der Waals surface area contributed by atoms with Crippen molar-refractivity contribution in [1.82, 2.24) is 4.98 Å². The molecule has 0 aliphatic heterocycles. The van der Waals surface area contributed by atoms with Crippen molar-refractivity contribution in [2.45, 2.75) is 26.3 Å². The number of carbonyl (C=O) groups is 1. The molecule has 0 fully saturated rings. The van der Waals surface area contributed by atoms with Crippen molar-refractivity contribution in [1.29, 1.82) is 0 Å². The normalized spacial score (nSPS) is 11.0. The highest BCUT2D eigenvalue weighted by atomic mass is 35.5. The molecule has 0 unspecified atom stereocenters. The summed E-state index contributed by atoms with van der Waals surface area (Å²) < 4.78 is 0. The molecule has 1 heterocycles. The third kappa shape index (κ3) is 4.70. The number of aromatic nitrogens is 1. The van der Waals surface area contributed by atoms with Crippen LogP contribution in [0.1, 0.15) is 16.8 Å². The van der Waals surface area contributed by atoms with Crippen molar-refractivity contribution < 1.29 is 9.90 Å². The van der Waals surface area contributed by atoms with Crippen LogP contribution in [0.2, 0.25) is 0 Å². The standard InChI is InChI=1S/C16H18N2O2.2ClH/c1-10-11(2)18-8-7-14(10)13-5-3-12(4-6-13)9-15(17)16(19)20;;/h3-8,15H,9,17H2,1-2H3,(H,19,20);2*1H/t15-;;/m0../s1. The van der Waals surface area contributed by atoms with Crippen molar-refractivity contribution in [3.8, 4) is 11.1 Å². The van der Waals surface area contributed by atoms with E-state index in [1.807, 2.05) is 44.2 Å². The van der Waals surface area contributed by atoms with Crippen molar-refractivity contribution >= 4 is 30.8 Å². The highest BCUT2D eigenvalue weighted by molar-refractivity contribution is 5.85. The van der Waals surface area contributed by atoms with Crippen LogP contribution in [0, 0.1) is 13.8 Å². The van der Waals surface area contributed by atoms with E-state index in [1.165, 1.54) is 0 Å². The molecule has 1 aromatic heterocycles. The topological polar surface area (TPSA) is 76.2 Å². The van der Waals surface area contributed by atoms with Gasteiger partial charge in [-0.25, -0.2) is 0 Å². The first-order valence-electron chi connectivity index (χ1n) is 6.49. The second-order valence-corrected chi connectivity index (χ2v) is 4.91. The first kappa shape index (κ1) is 20.4. The molecule has 22 heavy (non-hydrogen) atoms. The van der Waals surface area contributed by atoms with Crippen LogP contribution in [0.5, 0.6) is 0 Å². The van der Waals surface area contributed by atoms with Crippen LogP contribution in [0.3, 0.4) is 0 Å². The second-order valence-electron chi connectivity index (χ2n) is 4.91. The first-order valence-corrected chi connectivity index (χ1v) is 6.49. The Morgan fingerprint density at radius 3 is 2.32 bits per heavy atom. The Morgan fingerprint density at radius 1 is 1.18 bits per heavy atom. The van der Waals surface area contributed by atoms with Crippen LogP contribution in [0.15, 0.2) is 36.5 Å². The molecule has 120 valence electrons. The fraction of sp³-hybridized carbons (Fsp3) is 0.250. The molecule has 6 heteroatoms. The van der Waals surface area contributed by atoms with E-state index in [9.17, 15) is 4.79 Å². The largest absolute Gasteiger partial charge is 0.480 e. The molecule has 1 aromatic carbocycles. The van der Waals surface area contributed by atoms with Gasteiger partial charge in [0, 0.05) is 11.9 Å². The Balaban J connectivity index is 0.00000220. The Kier molecular flexibility index (Phi) is 8.09. The van der Waals surface area contributed by atoms with Crippen molar-refractivity contribution in [3.63, 3.8) is 0 Å². The molecule has 0 spiro atoms. The fourth-order valence-electron chi connectivity index (χ4n) is 2.11. The summed E-state index contributed by atoms with van der Waals surface area (Å²) in [6, 6.07) is 8.96. The summed E-state index contributed by atoms with van der Waals surface area (Å²) in [6.07, 6.45) is 2.13. The number of halogens is 2. The number of nitrogens with zero attached hydrogens (tertiary/aromatic N) is 1. The third-order valence-corrected chi connectivity index (χ3v) is 3.49. The summed E-state index contributed by atoms with van der Waals surface area (Å²) in [4.78, 5) is 15.0. The predicted octanol–water partition coefficient (Wildman–Crippen LogP) is 3.16. The van der Waals surface area contributed by atoms with E-state index >= 15 is 0 Å². The van der Waals surface area contributed by atoms with Gasteiger partial charge in [-0.1, -0.05) is 24.3 Å². The van der Waals surface area contributed by atoms with E-state index in [1.54, 1.807) is 6.20 Å². The summed E-state index contributed by atoms with van der Waals surface area (Å²) in [5.74, 6) is -0.977. The smallest absolute Gasteiger partial charge is 0.320 e. The molecule has 0 saturated heterocycles. The molecule has 0 aliphatic carbocycles. The number of rotatable bonds is 4. The van der Waals surface area contributed by atoms with Crippen molar-refractivity contribution in [2.75, 3.05) is 0 Å². The Hall–Kier alpha value is -1.62. The molecule has 2 aromatic rings. The maximum absolute atomic E-state index is 10.7. The zero-order valence-corrected chi connectivity index (χ0v) is 14.1. The van der Waals surface area contributed by atoms with Gasteiger partial charge in [-0.3, -0.25) is 9.78 Å². The zero-order chi connectivity index (χ0) is 14.7. The number of carboxylic acid groups (broad SMARTS) is 1. The number of pyridine rings is 1. The van der Waals surface area contributed by atoms with Crippen molar-refractivity contribution in [2.24, 2.45) is 5.73 Å². The van der Waals surface area contributed by atoms with Gasteiger partial charge in [-0.15, -0.1) is 24.8 Å². The quantitative estimate of drug-likeness (QED) is 0.894. The van der Waals surface area contributed by atoms with Crippen LogP contribution in [-0.2, 0) is 11.2 Å². The summed E-state index contributed by atoms with van der Waals surface area (Å²) in [5, 5.41) is 8.81. The van der Waals surface area contributed by atoms with Crippen LogP contribution >= 0.6 is 24.8 Å². The first-order chi connectivity index (χ1) is 9.49. The van der Waals surface area contributed by atoms with Gasteiger partial charge >= 0.3 is 5.97 Å². The van der Waals surface area contributed by atoms with E-state index in [4.69, 9.17) is 10.8 Å². The predicted molar refractivity (Wildman–Crippen MR) is 93.0 cm³/mol. The average molecular weight is 343 g/mol. The maximum atomic E-state index is 10.7. The van der Waals surface area contributed by atoms with E-state index in [0.29, 0.717) is 6.42 Å². The monoisotopic (exact) mass is 342 g/mol. The van der Waals surface area contributed by atoms with E-state index in [2.05, 4.69) is 4.98 Å².